The van der Waals surface area contributed by atoms with Crippen molar-refractivity contribution in [2.75, 3.05) is 18.0 Å². The summed E-state index contributed by atoms with van der Waals surface area (Å²) in [6, 6.07) is 8.64. The zero-order chi connectivity index (χ0) is 11.4. The molecule has 1 aliphatic rings. The molecule has 88 valence electrons. The molecule has 1 fully saturated rings. The number of hydrogen-bond acceptors (Lipinski definition) is 2. The lowest BCUT2D eigenvalue weighted by atomic mass is 9.94. The molecule has 2 heteroatoms. The average Bonchev–Trinajstić information content (AvgIpc) is 2.39. The van der Waals surface area contributed by atoms with Gasteiger partial charge in [-0.1, -0.05) is 25.5 Å². The van der Waals surface area contributed by atoms with E-state index in [4.69, 9.17) is 5.73 Å². The molecular formula is C14H22N2. The number of anilines is 1. The van der Waals surface area contributed by atoms with Gasteiger partial charge in [-0.25, -0.2) is 0 Å². The standard InChI is InChI=1S/C14H22N2/c1-2-12-6-8-16(9-7-12)14-5-3-4-13(10-14)11-15/h3-5,10,12H,2,6-9,11,15H2,1H3. The first-order chi connectivity index (χ1) is 7.83. The Kier molecular flexibility index (Phi) is 3.83. The van der Waals surface area contributed by atoms with Crippen molar-refractivity contribution in [1.29, 1.82) is 0 Å². The molecule has 1 aromatic carbocycles. The minimum absolute atomic E-state index is 0.638. The third-order valence-electron chi connectivity index (χ3n) is 3.70. The number of hydrogen-bond donors (Lipinski definition) is 1. The van der Waals surface area contributed by atoms with Gasteiger partial charge in [0.25, 0.3) is 0 Å². The zero-order valence-electron chi connectivity index (χ0n) is 10.2. The Morgan fingerprint density at radius 2 is 2.06 bits per heavy atom. The Balaban J connectivity index is 2.02. The van der Waals surface area contributed by atoms with Crippen LogP contribution in [-0.4, -0.2) is 13.1 Å². The van der Waals surface area contributed by atoms with Gasteiger partial charge >= 0.3 is 0 Å². The highest BCUT2D eigenvalue weighted by Gasteiger charge is 2.17. The zero-order valence-corrected chi connectivity index (χ0v) is 10.2. The molecule has 2 N–H and O–H groups in total. The van der Waals surface area contributed by atoms with E-state index in [-0.39, 0.29) is 0 Å². The molecule has 2 rings (SSSR count). The Morgan fingerprint density at radius 3 is 2.69 bits per heavy atom. The molecule has 0 atom stereocenters. The monoisotopic (exact) mass is 218 g/mol. The SMILES string of the molecule is CCC1CCN(c2cccc(CN)c2)CC1. The summed E-state index contributed by atoms with van der Waals surface area (Å²) in [6.07, 6.45) is 4.00. The van der Waals surface area contributed by atoms with Crippen LogP contribution in [0.1, 0.15) is 31.7 Å². The number of nitrogens with zero attached hydrogens (tertiary/aromatic N) is 1. The fraction of sp³-hybridized carbons (Fsp3) is 0.571. The second kappa shape index (κ2) is 5.35. The molecule has 1 heterocycles. The molecule has 2 nitrogen and oxygen atoms in total. The van der Waals surface area contributed by atoms with Gasteiger partial charge in [0.15, 0.2) is 0 Å². The number of benzene rings is 1. The maximum absolute atomic E-state index is 5.67. The van der Waals surface area contributed by atoms with E-state index in [0.717, 1.165) is 5.92 Å². The maximum atomic E-state index is 5.67. The summed E-state index contributed by atoms with van der Waals surface area (Å²) in [4.78, 5) is 2.49. The molecule has 1 aliphatic heterocycles. The van der Waals surface area contributed by atoms with E-state index < -0.39 is 0 Å². The summed E-state index contributed by atoms with van der Waals surface area (Å²) in [5, 5.41) is 0. The van der Waals surface area contributed by atoms with Crippen molar-refractivity contribution < 1.29 is 0 Å². The van der Waals surface area contributed by atoms with E-state index in [0.29, 0.717) is 6.54 Å². The lowest BCUT2D eigenvalue weighted by molar-refractivity contribution is 0.395. The van der Waals surface area contributed by atoms with E-state index in [1.165, 1.54) is 43.6 Å². The first-order valence-corrected chi connectivity index (χ1v) is 6.37. The van der Waals surface area contributed by atoms with Crippen molar-refractivity contribution >= 4 is 5.69 Å². The van der Waals surface area contributed by atoms with Crippen LogP contribution in [0, 0.1) is 5.92 Å². The van der Waals surface area contributed by atoms with Crippen LogP contribution in [0.25, 0.3) is 0 Å². The van der Waals surface area contributed by atoms with Gasteiger partial charge in [0, 0.05) is 25.3 Å². The van der Waals surface area contributed by atoms with Gasteiger partial charge in [0.05, 0.1) is 0 Å². The van der Waals surface area contributed by atoms with E-state index in [2.05, 4.69) is 36.1 Å². The van der Waals surface area contributed by atoms with E-state index in [1.54, 1.807) is 0 Å². The molecule has 16 heavy (non-hydrogen) atoms. The van der Waals surface area contributed by atoms with Crippen molar-refractivity contribution in [2.45, 2.75) is 32.7 Å². The Bertz CT molecular complexity index is 327. The molecule has 0 saturated carbocycles. The van der Waals surface area contributed by atoms with Gasteiger partial charge in [-0.05, 0) is 36.5 Å². The highest BCUT2D eigenvalue weighted by Crippen LogP contribution is 2.25. The van der Waals surface area contributed by atoms with Crippen LogP contribution in [0.4, 0.5) is 5.69 Å². The molecular weight excluding hydrogens is 196 g/mol. The topological polar surface area (TPSA) is 29.3 Å². The molecule has 0 aromatic heterocycles. The summed E-state index contributed by atoms with van der Waals surface area (Å²) < 4.78 is 0. The van der Waals surface area contributed by atoms with E-state index in [9.17, 15) is 0 Å². The average molecular weight is 218 g/mol. The quantitative estimate of drug-likeness (QED) is 0.845. The lowest BCUT2D eigenvalue weighted by Crippen LogP contribution is -2.33. The fourth-order valence-electron chi connectivity index (χ4n) is 2.48. The maximum Gasteiger partial charge on any atom is 0.0369 e. The second-order valence-corrected chi connectivity index (χ2v) is 4.71. The molecule has 0 spiro atoms. The Labute approximate surface area is 98.4 Å². The summed E-state index contributed by atoms with van der Waals surface area (Å²) in [6.45, 7) is 5.34. The van der Waals surface area contributed by atoms with Gasteiger partial charge in [0.1, 0.15) is 0 Å². The smallest absolute Gasteiger partial charge is 0.0369 e. The normalized spacial score (nSPS) is 17.8. The van der Waals surface area contributed by atoms with Crippen LogP contribution >= 0.6 is 0 Å². The summed E-state index contributed by atoms with van der Waals surface area (Å²) in [5.74, 6) is 0.939. The number of nitrogens with two attached hydrogens (primary N) is 1. The first kappa shape index (κ1) is 11.5. The molecule has 0 radical (unpaired) electrons. The minimum atomic E-state index is 0.638. The third kappa shape index (κ3) is 2.56. The summed E-state index contributed by atoms with van der Waals surface area (Å²) in [5.41, 5.74) is 8.25. The third-order valence-corrected chi connectivity index (χ3v) is 3.70. The highest BCUT2D eigenvalue weighted by molar-refractivity contribution is 5.48. The van der Waals surface area contributed by atoms with E-state index >= 15 is 0 Å². The van der Waals surface area contributed by atoms with E-state index in [1.807, 2.05) is 0 Å². The minimum Gasteiger partial charge on any atom is -0.372 e. The number of piperidine rings is 1. The Morgan fingerprint density at radius 1 is 1.31 bits per heavy atom. The largest absolute Gasteiger partial charge is 0.372 e. The fourth-order valence-corrected chi connectivity index (χ4v) is 2.48. The highest BCUT2D eigenvalue weighted by atomic mass is 15.1. The van der Waals surface area contributed by atoms with Gasteiger partial charge in [-0.2, -0.15) is 0 Å². The molecule has 1 saturated heterocycles. The van der Waals surface area contributed by atoms with Crippen molar-refractivity contribution in [1.82, 2.24) is 0 Å². The summed E-state index contributed by atoms with van der Waals surface area (Å²) >= 11 is 0. The van der Waals surface area contributed by atoms with Crippen LogP contribution in [0.15, 0.2) is 24.3 Å². The van der Waals surface area contributed by atoms with Crippen molar-refractivity contribution in [2.24, 2.45) is 11.7 Å². The van der Waals surface area contributed by atoms with Crippen LogP contribution in [-0.2, 0) is 6.54 Å². The van der Waals surface area contributed by atoms with Crippen LogP contribution in [0.3, 0.4) is 0 Å². The molecule has 0 amide bonds. The van der Waals surface area contributed by atoms with Gasteiger partial charge in [0.2, 0.25) is 0 Å². The molecule has 0 unspecified atom stereocenters. The van der Waals surface area contributed by atoms with Crippen LogP contribution < -0.4 is 10.6 Å². The van der Waals surface area contributed by atoms with Crippen LogP contribution in [0.2, 0.25) is 0 Å². The van der Waals surface area contributed by atoms with Gasteiger partial charge in [-0.15, -0.1) is 0 Å². The van der Waals surface area contributed by atoms with Crippen molar-refractivity contribution in [3.8, 4) is 0 Å². The predicted octanol–water partition coefficient (Wildman–Crippen LogP) is 2.77. The molecule has 0 bridgehead atoms. The first-order valence-electron chi connectivity index (χ1n) is 6.37. The molecule has 1 aromatic rings. The molecule has 0 aliphatic carbocycles. The van der Waals surface area contributed by atoms with Gasteiger partial charge in [-0.3, -0.25) is 0 Å². The lowest BCUT2D eigenvalue weighted by Gasteiger charge is -2.33. The van der Waals surface area contributed by atoms with Gasteiger partial charge < -0.3 is 10.6 Å². The predicted molar refractivity (Wildman–Crippen MR) is 69.6 cm³/mol. The second-order valence-electron chi connectivity index (χ2n) is 4.71. The van der Waals surface area contributed by atoms with Crippen LogP contribution in [0.5, 0.6) is 0 Å². The van der Waals surface area contributed by atoms with Crippen molar-refractivity contribution in [3.63, 3.8) is 0 Å². The number of rotatable bonds is 3. The van der Waals surface area contributed by atoms with Crippen molar-refractivity contribution in [3.05, 3.63) is 29.8 Å². The summed E-state index contributed by atoms with van der Waals surface area (Å²) in [7, 11) is 0. The Hall–Kier alpha value is -1.02.